The van der Waals surface area contributed by atoms with Gasteiger partial charge in [0.15, 0.2) is 0 Å². The average molecular weight is 558 g/mol. The van der Waals surface area contributed by atoms with Gasteiger partial charge in [0.1, 0.15) is 10.7 Å². The summed E-state index contributed by atoms with van der Waals surface area (Å²) in [5, 5.41) is 2.66. The predicted molar refractivity (Wildman–Crippen MR) is 144 cm³/mol. The van der Waals surface area contributed by atoms with Gasteiger partial charge >= 0.3 is 0 Å². The monoisotopic (exact) mass is 557 g/mol. The van der Waals surface area contributed by atoms with E-state index in [1.165, 1.54) is 17.9 Å². The van der Waals surface area contributed by atoms with Crippen LogP contribution in [0.4, 0.5) is 10.1 Å². The molecule has 0 saturated carbocycles. The number of hydrogen-bond donors (Lipinski definition) is 2. The van der Waals surface area contributed by atoms with Gasteiger partial charge in [0.2, 0.25) is 5.91 Å². The molecule has 2 aromatic carbocycles. The number of aromatic nitrogens is 3. The number of sulfonamides is 1. The van der Waals surface area contributed by atoms with Gasteiger partial charge in [-0.05, 0) is 48.4 Å². The van der Waals surface area contributed by atoms with E-state index >= 15 is 0 Å². The summed E-state index contributed by atoms with van der Waals surface area (Å²) in [4.78, 5) is 33.6. The fraction of sp³-hybridized carbons (Fsp3) is 0.231. The first kappa shape index (κ1) is 27.2. The molecule has 0 fully saturated rings. The molecule has 0 unspecified atom stereocenters. The number of benzene rings is 2. The lowest BCUT2D eigenvalue weighted by Gasteiger charge is -2.14. The largest absolute Gasteiger partial charge is 0.359 e. The molecule has 1 atom stereocenters. The summed E-state index contributed by atoms with van der Waals surface area (Å²) in [6.07, 6.45) is 3.44. The maximum Gasteiger partial charge on any atom is 0.263 e. The Labute approximate surface area is 223 Å². The topological polar surface area (TPSA) is 123 Å². The van der Waals surface area contributed by atoms with Crippen molar-refractivity contribution in [3.8, 4) is 11.1 Å². The van der Waals surface area contributed by atoms with E-state index in [1.54, 1.807) is 37.4 Å². The number of hydrogen-bond acceptors (Lipinski definition) is 6. The van der Waals surface area contributed by atoms with Crippen molar-refractivity contribution in [2.75, 3.05) is 11.8 Å². The lowest BCUT2D eigenvalue weighted by atomic mass is 10.0. The van der Waals surface area contributed by atoms with E-state index in [1.807, 2.05) is 6.92 Å². The lowest BCUT2D eigenvalue weighted by Crippen LogP contribution is -2.32. The highest BCUT2D eigenvalue weighted by Crippen LogP contribution is 2.29. The molecule has 2 aromatic heterocycles. The lowest BCUT2D eigenvalue weighted by molar-refractivity contribution is -0.124. The molecule has 2 N–H and O–H groups in total. The van der Waals surface area contributed by atoms with Crippen molar-refractivity contribution in [2.24, 2.45) is 5.92 Å². The van der Waals surface area contributed by atoms with E-state index in [2.05, 4.69) is 20.0 Å². The molecule has 0 aliphatic rings. The Hall–Kier alpha value is -3.83. The minimum atomic E-state index is -4.14. The fourth-order valence-electron chi connectivity index (χ4n) is 4.01. The zero-order valence-electron chi connectivity index (χ0n) is 20.8. The summed E-state index contributed by atoms with van der Waals surface area (Å²) in [7, 11) is -2.61. The molecule has 1 amide bonds. The Balaban J connectivity index is 1.73. The fourth-order valence-corrected chi connectivity index (χ4v) is 5.62. The Bertz CT molecular complexity index is 1710. The van der Waals surface area contributed by atoms with E-state index in [9.17, 15) is 22.4 Å². The number of nitrogens with one attached hydrogen (secondary N) is 2. The van der Waals surface area contributed by atoms with Crippen LogP contribution in [0.1, 0.15) is 19.5 Å². The summed E-state index contributed by atoms with van der Waals surface area (Å²) in [5.41, 5.74) is 2.06. The first-order valence-corrected chi connectivity index (χ1v) is 13.6. The summed E-state index contributed by atoms with van der Waals surface area (Å²) in [5.74, 6) is -1.28. The Morgan fingerprint density at radius 1 is 1.13 bits per heavy atom. The van der Waals surface area contributed by atoms with Crippen LogP contribution < -0.4 is 15.6 Å². The van der Waals surface area contributed by atoms with Gasteiger partial charge in [-0.3, -0.25) is 23.9 Å². The molecule has 2 heterocycles. The van der Waals surface area contributed by atoms with E-state index in [4.69, 9.17) is 11.6 Å². The van der Waals surface area contributed by atoms with E-state index in [-0.39, 0.29) is 33.6 Å². The first-order valence-electron chi connectivity index (χ1n) is 11.7. The molecule has 12 heteroatoms. The molecule has 0 radical (unpaired) electrons. The Morgan fingerprint density at radius 3 is 2.58 bits per heavy atom. The summed E-state index contributed by atoms with van der Waals surface area (Å²) >= 11 is 5.99. The molecule has 0 aliphatic heterocycles. The number of fused-ring (bicyclic) bond motifs is 1. The zero-order valence-corrected chi connectivity index (χ0v) is 22.4. The summed E-state index contributed by atoms with van der Waals surface area (Å²) < 4.78 is 43.4. The number of anilines is 1. The number of aryl methyl sites for hydroxylation is 1. The molecule has 4 aromatic rings. The maximum atomic E-state index is 13.4. The second-order valence-corrected chi connectivity index (χ2v) is 10.8. The second kappa shape index (κ2) is 10.9. The average Bonchev–Trinajstić information content (AvgIpc) is 2.89. The van der Waals surface area contributed by atoms with Crippen molar-refractivity contribution >= 4 is 44.1 Å². The standard InChI is InChI=1S/C26H25ClFN5O4S/c1-4-21-23(32-38(36,37)24-8-6-18(28)11-20(24)27)10-17(12-30-21)16-5-7-22-19(9-16)26(35)33(14-31-22)13-15(2)25(34)29-3/h5-12,14-15,32H,4,13H2,1-3H3,(H,29,34)/t15-/m0/s1. The van der Waals surface area contributed by atoms with Crippen molar-refractivity contribution in [3.63, 3.8) is 0 Å². The number of nitrogens with zero attached hydrogens (tertiary/aromatic N) is 3. The third-order valence-electron chi connectivity index (χ3n) is 6.05. The quantitative estimate of drug-likeness (QED) is 0.337. The maximum absolute atomic E-state index is 13.4. The van der Waals surface area contributed by atoms with Crippen molar-refractivity contribution in [2.45, 2.75) is 31.7 Å². The summed E-state index contributed by atoms with van der Waals surface area (Å²) in [6, 6.07) is 9.75. The second-order valence-electron chi connectivity index (χ2n) is 8.70. The van der Waals surface area contributed by atoms with E-state index < -0.39 is 21.8 Å². The Morgan fingerprint density at radius 2 is 1.89 bits per heavy atom. The number of halogens is 2. The van der Waals surface area contributed by atoms with Crippen LogP contribution in [-0.2, 0) is 27.8 Å². The molecule has 9 nitrogen and oxygen atoms in total. The third-order valence-corrected chi connectivity index (χ3v) is 7.90. The molecule has 38 heavy (non-hydrogen) atoms. The molecular weight excluding hydrogens is 533 g/mol. The predicted octanol–water partition coefficient (Wildman–Crippen LogP) is 4.00. The highest BCUT2D eigenvalue weighted by atomic mass is 35.5. The van der Waals surface area contributed by atoms with Crippen LogP contribution in [0.2, 0.25) is 5.02 Å². The minimum Gasteiger partial charge on any atom is -0.359 e. The van der Waals surface area contributed by atoms with Crippen LogP contribution in [0.25, 0.3) is 22.0 Å². The van der Waals surface area contributed by atoms with E-state index in [0.717, 1.165) is 18.2 Å². The van der Waals surface area contributed by atoms with Gasteiger partial charge in [-0.15, -0.1) is 0 Å². The van der Waals surface area contributed by atoms with Gasteiger partial charge in [-0.1, -0.05) is 31.5 Å². The molecule has 0 bridgehead atoms. The third kappa shape index (κ3) is 5.53. The normalized spacial score (nSPS) is 12.3. The molecule has 0 spiro atoms. The molecular formula is C26H25ClFN5O4S. The molecule has 0 saturated heterocycles. The molecule has 0 aliphatic carbocycles. The van der Waals surface area contributed by atoms with Gasteiger partial charge in [0.25, 0.3) is 15.6 Å². The van der Waals surface area contributed by atoms with Crippen LogP contribution in [0.15, 0.2) is 64.7 Å². The highest BCUT2D eigenvalue weighted by Gasteiger charge is 2.21. The number of rotatable bonds is 8. The highest BCUT2D eigenvalue weighted by molar-refractivity contribution is 7.92. The number of amides is 1. The SMILES string of the molecule is CCc1ncc(-c2ccc3ncn(C[C@H](C)C(=O)NC)c(=O)c3c2)cc1NS(=O)(=O)c1ccc(F)cc1Cl. The van der Waals surface area contributed by atoms with Crippen LogP contribution in [0.5, 0.6) is 0 Å². The van der Waals surface area contributed by atoms with Crippen molar-refractivity contribution in [1.82, 2.24) is 19.9 Å². The van der Waals surface area contributed by atoms with Gasteiger partial charge in [-0.2, -0.15) is 0 Å². The first-order chi connectivity index (χ1) is 18.0. The molecule has 198 valence electrons. The van der Waals surface area contributed by atoms with Crippen LogP contribution in [0, 0.1) is 11.7 Å². The molecule has 4 rings (SSSR count). The van der Waals surface area contributed by atoms with Crippen LogP contribution in [-0.4, -0.2) is 35.9 Å². The smallest absolute Gasteiger partial charge is 0.263 e. The zero-order chi connectivity index (χ0) is 27.6. The van der Waals surface area contributed by atoms with Gasteiger partial charge in [0, 0.05) is 25.4 Å². The van der Waals surface area contributed by atoms with Gasteiger partial charge in [0.05, 0.1) is 39.6 Å². The summed E-state index contributed by atoms with van der Waals surface area (Å²) in [6.45, 7) is 3.71. The van der Waals surface area contributed by atoms with Crippen molar-refractivity contribution in [3.05, 3.63) is 81.9 Å². The number of carbonyl (C=O) groups excluding carboxylic acids is 1. The van der Waals surface area contributed by atoms with Crippen LogP contribution in [0.3, 0.4) is 0 Å². The van der Waals surface area contributed by atoms with Crippen molar-refractivity contribution < 1.29 is 17.6 Å². The van der Waals surface area contributed by atoms with Gasteiger partial charge in [-0.25, -0.2) is 17.8 Å². The van der Waals surface area contributed by atoms with Crippen LogP contribution >= 0.6 is 11.6 Å². The van der Waals surface area contributed by atoms with E-state index in [0.29, 0.717) is 34.1 Å². The Kier molecular flexibility index (Phi) is 7.79. The number of pyridine rings is 1. The van der Waals surface area contributed by atoms with Gasteiger partial charge < -0.3 is 5.32 Å². The number of carbonyl (C=O) groups is 1. The minimum absolute atomic E-state index is 0.163. The van der Waals surface area contributed by atoms with Crippen molar-refractivity contribution in [1.29, 1.82) is 0 Å².